The first-order valence-corrected chi connectivity index (χ1v) is 21.2. The number of carbonyl (C=O) groups is 1. The van der Waals surface area contributed by atoms with Crippen molar-refractivity contribution in [3.05, 3.63) is 36.5 Å². The predicted molar refractivity (Wildman–Crippen MR) is 212 cm³/mol. The number of rotatable bonds is 38. The van der Waals surface area contributed by atoms with Crippen LogP contribution >= 0.6 is 0 Å². The van der Waals surface area contributed by atoms with Crippen molar-refractivity contribution in [2.75, 3.05) is 6.61 Å². The Balaban J connectivity index is 3.56. The fourth-order valence-corrected chi connectivity index (χ4v) is 6.33. The van der Waals surface area contributed by atoms with E-state index in [4.69, 9.17) is 0 Å². The van der Waals surface area contributed by atoms with Crippen molar-refractivity contribution >= 4 is 5.91 Å². The first-order valence-electron chi connectivity index (χ1n) is 21.2. The summed E-state index contributed by atoms with van der Waals surface area (Å²) in [5.74, 6) is -0.0670. The first-order chi connectivity index (χ1) is 23.7. The molecule has 0 fully saturated rings. The summed E-state index contributed by atoms with van der Waals surface area (Å²) in [6, 6.07) is -0.621. The standard InChI is InChI=1S/C44H83NO3/c1-3-5-7-9-11-13-15-17-18-19-20-21-22-23-24-25-26-28-30-32-34-36-38-40-44(48)45-42(41-46)43(47)39-37-35-33-31-29-27-16-14-12-10-8-6-4-2/h15,17,19-20,37,39,42-43,46-47H,3-14,16,18,21-36,38,40-41H2,1-2H3,(H,45,48)/b17-15-,20-19-,39-37+. The molecule has 4 heteroatoms. The minimum atomic E-state index is -0.837. The maximum atomic E-state index is 12.4. The van der Waals surface area contributed by atoms with Crippen LogP contribution in [0.4, 0.5) is 0 Å². The SMILES string of the molecule is CCCCCCC/C=C\C/C=C\CCCCCCCCCCCCCC(=O)NC(CO)C(O)/C=C/CCCCCCCCCCCCC. The fraction of sp³-hybridized carbons (Fsp3) is 0.841. The minimum Gasteiger partial charge on any atom is -0.394 e. The molecule has 2 unspecified atom stereocenters. The smallest absolute Gasteiger partial charge is 0.220 e. The zero-order valence-corrected chi connectivity index (χ0v) is 32.3. The predicted octanol–water partition coefficient (Wildman–Crippen LogP) is 13.0. The summed E-state index contributed by atoms with van der Waals surface area (Å²) in [6.07, 6.45) is 52.4. The summed E-state index contributed by atoms with van der Waals surface area (Å²) in [5, 5.41) is 23.0. The van der Waals surface area contributed by atoms with E-state index in [1.807, 2.05) is 6.08 Å². The van der Waals surface area contributed by atoms with Crippen LogP contribution in [0, 0.1) is 0 Å². The average molecular weight is 674 g/mol. The van der Waals surface area contributed by atoms with E-state index in [2.05, 4.69) is 43.5 Å². The minimum absolute atomic E-state index is 0.0670. The third-order valence-corrected chi connectivity index (χ3v) is 9.62. The lowest BCUT2D eigenvalue weighted by Gasteiger charge is -2.20. The van der Waals surface area contributed by atoms with E-state index in [0.29, 0.717) is 6.42 Å². The third-order valence-electron chi connectivity index (χ3n) is 9.62. The highest BCUT2D eigenvalue weighted by molar-refractivity contribution is 5.76. The molecule has 282 valence electrons. The molecule has 0 aliphatic carbocycles. The van der Waals surface area contributed by atoms with Crippen LogP contribution in [-0.2, 0) is 4.79 Å². The molecule has 0 aromatic carbocycles. The summed E-state index contributed by atoms with van der Waals surface area (Å²) < 4.78 is 0. The second-order valence-corrected chi connectivity index (χ2v) is 14.4. The second-order valence-electron chi connectivity index (χ2n) is 14.4. The van der Waals surface area contributed by atoms with Crippen molar-refractivity contribution in [2.24, 2.45) is 0 Å². The lowest BCUT2D eigenvalue weighted by atomic mass is 10.0. The summed E-state index contributed by atoms with van der Waals surface area (Å²) in [7, 11) is 0. The molecule has 0 aliphatic heterocycles. The number of aliphatic hydroxyl groups is 2. The Hall–Kier alpha value is -1.39. The van der Waals surface area contributed by atoms with E-state index in [9.17, 15) is 15.0 Å². The number of aliphatic hydroxyl groups excluding tert-OH is 2. The largest absolute Gasteiger partial charge is 0.394 e. The van der Waals surface area contributed by atoms with Crippen LogP contribution in [0.15, 0.2) is 36.5 Å². The van der Waals surface area contributed by atoms with Gasteiger partial charge in [-0.25, -0.2) is 0 Å². The van der Waals surface area contributed by atoms with Gasteiger partial charge in [-0.05, 0) is 51.4 Å². The lowest BCUT2D eigenvalue weighted by molar-refractivity contribution is -0.123. The number of allylic oxidation sites excluding steroid dienone is 5. The van der Waals surface area contributed by atoms with Gasteiger partial charge >= 0.3 is 0 Å². The van der Waals surface area contributed by atoms with Gasteiger partial charge < -0.3 is 15.5 Å². The summed E-state index contributed by atoms with van der Waals surface area (Å²) in [4.78, 5) is 12.4. The molecule has 2 atom stereocenters. The van der Waals surface area contributed by atoms with Crippen LogP contribution in [0.25, 0.3) is 0 Å². The Bertz CT molecular complexity index is 731. The Morgan fingerprint density at radius 3 is 1.25 bits per heavy atom. The van der Waals surface area contributed by atoms with Gasteiger partial charge in [-0.15, -0.1) is 0 Å². The molecule has 4 nitrogen and oxygen atoms in total. The Morgan fingerprint density at radius 2 is 0.854 bits per heavy atom. The third kappa shape index (κ3) is 35.9. The van der Waals surface area contributed by atoms with Crippen LogP contribution in [0.3, 0.4) is 0 Å². The molecule has 0 heterocycles. The van der Waals surface area contributed by atoms with Crippen molar-refractivity contribution < 1.29 is 15.0 Å². The number of hydrogen-bond acceptors (Lipinski definition) is 3. The Labute approximate surface area is 300 Å². The quantitative estimate of drug-likeness (QED) is 0.0451. The van der Waals surface area contributed by atoms with Crippen molar-refractivity contribution in [1.29, 1.82) is 0 Å². The van der Waals surface area contributed by atoms with E-state index in [-0.39, 0.29) is 12.5 Å². The molecule has 0 aromatic heterocycles. The normalized spacial score (nSPS) is 13.3. The highest BCUT2D eigenvalue weighted by Gasteiger charge is 2.17. The van der Waals surface area contributed by atoms with E-state index >= 15 is 0 Å². The molecule has 0 radical (unpaired) electrons. The molecular weight excluding hydrogens is 590 g/mol. The molecule has 0 saturated carbocycles. The van der Waals surface area contributed by atoms with Crippen molar-refractivity contribution in [3.8, 4) is 0 Å². The number of unbranched alkanes of at least 4 members (excludes halogenated alkanes) is 27. The van der Waals surface area contributed by atoms with Gasteiger partial charge in [-0.2, -0.15) is 0 Å². The Morgan fingerprint density at radius 1 is 0.500 bits per heavy atom. The molecule has 0 rings (SSSR count). The molecule has 3 N–H and O–H groups in total. The highest BCUT2D eigenvalue weighted by Crippen LogP contribution is 2.14. The molecule has 0 bridgehead atoms. The summed E-state index contributed by atoms with van der Waals surface area (Å²) in [6.45, 7) is 4.29. The van der Waals surface area contributed by atoms with Crippen molar-refractivity contribution in [2.45, 2.75) is 231 Å². The second kappa shape index (κ2) is 40.0. The fourth-order valence-electron chi connectivity index (χ4n) is 6.33. The van der Waals surface area contributed by atoms with Gasteiger partial charge in [0, 0.05) is 6.42 Å². The molecule has 0 aromatic rings. The molecule has 0 spiro atoms. The number of nitrogens with one attached hydrogen (secondary N) is 1. The van der Waals surface area contributed by atoms with Crippen LogP contribution < -0.4 is 5.32 Å². The highest BCUT2D eigenvalue weighted by atomic mass is 16.3. The van der Waals surface area contributed by atoms with Crippen LogP contribution in [0.2, 0.25) is 0 Å². The van der Waals surface area contributed by atoms with Crippen LogP contribution in [0.1, 0.15) is 219 Å². The first kappa shape index (κ1) is 46.6. The topological polar surface area (TPSA) is 69.6 Å². The maximum Gasteiger partial charge on any atom is 0.220 e. The van der Waals surface area contributed by atoms with E-state index in [1.165, 1.54) is 167 Å². The number of amides is 1. The van der Waals surface area contributed by atoms with Crippen LogP contribution in [-0.4, -0.2) is 34.9 Å². The lowest BCUT2D eigenvalue weighted by Crippen LogP contribution is -2.45. The number of hydrogen-bond donors (Lipinski definition) is 3. The van der Waals surface area contributed by atoms with Crippen molar-refractivity contribution in [3.63, 3.8) is 0 Å². The van der Waals surface area contributed by atoms with Crippen LogP contribution in [0.5, 0.6) is 0 Å². The van der Waals surface area contributed by atoms with Gasteiger partial charge in [0.1, 0.15) is 0 Å². The summed E-state index contributed by atoms with van der Waals surface area (Å²) in [5.41, 5.74) is 0. The summed E-state index contributed by atoms with van der Waals surface area (Å²) >= 11 is 0. The zero-order chi connectivity index (χ0) is 35.0. The Kier molecular flexibility index (Phi) is 38.9. The number of carbonyl (C=O) groups excluding carboxylic acids is 1. The molecule has 0 saturated heterocycles. The van der Waals surface area contributed by atoms with Gasteiger partial charge in [0.05, 0.1) is 18.8 Å². The molecule has 48 heavy (non-hydrogen) atoms. The zero-order valence-electron chi connectivity index (χ0n) is 32.3. The van der Waals surface area contributed by atoms with E-state index in [0.717, 1.165) is 32.1 Å². The molecular formula is C44H83NO3. The van der Waals surface area contributed by atoms with Crippen molar-refractivity contribution in [1.82, 2.24) is 5.32 Å². The molecule has 0 aliphatic rings. The van der Waals surface area contributed by atoms with E-state index < -0.39 is 12.1 Å². The van der Waals surface area contributed by atoms with Gasteiger partial charge in [-0.3, -0.25) is 4.79 Å². The van der Waals surface area contributed by atoms with Gasteiger partial charge in [0.2, 0.25) is 5.91 Å². The molecule has 1 amide bonds. The maximum absolute atomic E-state index is 12.4. The van der Waals surface area contributed by atoms with Gasteiger partial charge in [-0.1, -0.05) is 198 Å². The van der Waals surface area contributed by atoms with Gasteiger partial charge in [0.15, 0.2) is 0 Å². The van der Waals surface area contributed by atoms with Gasteiger partial charge in [0.25, 0.3) is 0 Å². The van der Waals surface area contributed by atoms with E-state index in [1.54, 1.807) is 6.08 Å². The average Bonchev–Trinajstić information content (AvgIpc) is 3.09. The monoisotopic (exact) mass is 674 g/mol.